The molecule has 0 bridgehead atoms. The van der Waals surface area contributed by atoms with Crippen LogP contribution < -0.4 is 5.32 Å². The van der Waals surface area contributed by atoms with Crippen molar-refractivity contribution >= 4 is 5.91 Å². The number of rotatable bonds is 42. The van der Waals surface area contributed by atoms with Gasteiger partial charge in [-0.2, -0.15) is 0 Å². The van der Waals surface area contributed by atoms with Gasteiger partial charge in [-0.3, -0.25) is 4.79 Å². The monoisotopic (exact) mass is 838 g/mol. The molecule has 0 aromatic heterocycles. The standard InChI is InChI=1S/C50H95NO8/c1-3-5-7-9-11-13-15-17-19-21-22-23-24-26-28-30-32-34-36-38-40-46(54)51-43(42-58-50-49(57)48(56)47(55)45(41-52)59-50)44(53)39-37-35-33-31-29-27-25-20-18-16-14-12-10-8-6-4-2/h29,31,37,39,43-45,47-50,52-53,55-57H,3-28,30,32-36,38,40-42H2,1-2H3,(H,51,54)/b31-29+,39-37+. The number of aliphatic hydroxyl groups excluding tert-OH is 5. The Morgan fingerprint density at radius 2 is 0.966 bits per heavy atom. The fraction of sp³-hybridized carbons (Fsp3) is 0.900. The Hall–Kier alpha value is -1.33. The summed E-state index contributed by atoms with van der Waals surface area (Å²) in [6.07, 6.45) is 42.3. The van der Waals surface area contributed by atoms with Crippen LogP contribution in [0.4, 0.5) is 0 Å². The van der Waals surface area contributed by atoms with Crippen LogP contribution in [0, 0.1) is 0 Å². The molecule has 0 spiro atoms. The van der Waals surface area contributed by atoms with Gasteiger partial charge in [0.25, 0.3) is 0 Å². The Kier molecular flexibility index (Phi) is 38.4. The number of carbonyl (C=O) groups excluding carboxylic acids is 1. The lowest BCUT2D eigenvalue weighted by Crippen LogP contribution is -2.60. The van der Waals surface area contributed by atoms with Crippen LogP contribution in [0.1, 0.15) is 232 Å². The second-order valence-corrected chi connectivity index (χ2v) is 17.6. The molecule has 0 aromatic carbocycles. The number of carbonyl (C=O) groups is 1. The summed E-state index contributed by atoms with van der Waals surface area (Å²) in [4.78, 5) is 13.0. The molecule has 0 aromatic rings. The van der Waals surface area contributed by atoms with Crippen molar-refractivity contribution in [2.75, 3.05) is 13.2 Å². The molecule has 6 N–H and O–H groups in total. The van der Waals surface area contributed by atoms with Gasteiger partial charge in [-0.05, 0) is 32.1 Å². The molecule has 0 saturated carbocycles. The molecule has 1 aliphatic rings. The molecule has 0 radical (unpaired) electrons. The second-order valence-electron chi connectivity index (χ2n) is 17.6. The van der Waals surface area contributed by atoms with Crippen molar-refractivity contribution < 1.29 is 39.8 Å². The minimum absolute atomic E-state index is 0.183. The molecule has 1 fully saturated rings. The first kappa shape index (κ1) is 55.7. The molecule has 1 heterocycles. The fourth-order valence-electron chi connectivity index (χ4n) is 8.00. The molecular weight excluding hydrogens is 743 g/mol. The van der Waals surface area contributed by atoms with Crippen LogP contribution in [0.2, 0.25) is 0 Å². The van der Waals surface area contributed by atoms with E-state index in [4.69, 9.17) is 9.47 Å². The van der Waals surface area contributed by atoms with E-state index in [0.29, 0.717) is 6.42 Å². The quantitative estimate of drug-likeness (QED) is 0.0263. The highest BCUT2D eigenvalue weighted by Gasteiger charge is 2.44. The summed E-state index contributed by atoms with van der Waals surface area (Å²) in [6.45, 7) is 3.77. The molecule has 1 saturated heterocycles. The first-order valence-electron chi connectivity index (χ1n) is 25.1. The Morgan fingerprint density at radius 1 is 0.559 bits per heavy atom. The predicted molar refractivity (Wildman–Crippen MR) is 244 cm³/mol. The summed E-state index contributed by atoms with van der Waals surface area (Å²) in [7, 11) is 0. The van der Waals surface area contributed by atoms with E-state index >= 15 is 0 Å². The molecule has 1 rings (SSSR count). The van der Waals surface area contributed by atoms with E-state index in [0.717, 1.165) is 38.5 Å². The van der Waals surface area contributed by atoms with Gasteiger partial charge in [0.05, 0.1) is 25.4 Å². The average molecular weight is 838 g/mol. The topological polar surface area (TPSA) is 149 Å². The summed E-state index contributed by atoms with van der Waals surface area (Å²) in [5, 5.41) is 54.3. The van der Waals surface area contributed by atoms with Crippen molar-refractivity contribution in [2.45, 2.75) is 275 Å². The van der Waals surface area contributed by atoms with Crippen LogP contribution in [0.3, 0.4) is 0 Å². The molecule has 7 atom stereocenters. The number of unbranched alkanes of at least 4 members (excludes halogenated alkanes) is 30. The first-order valence-corrected chi connectivity index (χ1v) is 25.1. The summed E-state index contributed by atoms with van der Waals surface area (Å²) in [6, 6.07) is -0.817. The van der Waals surface area contributed by atoms with Crippen molar-refractivity contribution in [3.05, 3.63) is 24.3 Å². The van der Waals surface area contributed by atoms with E-state index in [9.17, 15) is 30.3 Å². The molecule has 1 amide bonds. The number of hydrogen-bond acceptors (Lipinski definition) is 8. The lowest BCUT2D eigenvalue weighted by molar-refractivity contribution is -0.302. The van der Waals surface area contributed by atoms with E-state index in [1.165, 1.54) is 173 Å². The van der Waals surface area contributed by atoms with Crippen molar-refractivity contribution in [3.63, 3.8) is 0 Å². The molecule has 1 aliphatic heterocycles. The van der Waals surface area contributed by atoms with E-state index in [-0.39, 0.29) is 12.5 Å². The zero-order valence-electron chi connectivity index (χ0n) is 38.3. The minimum atomic E-state index is -1.57. The summed E-state index contributed by atoms with van der Waals surface area (Å²) in [5.74, 6) is -0.183. The van der Waals surface area contributed by atoms with Gasteiger partial charge in [-0.15, -0.1) is 0 Å². The van der Waals surface area contributed by atoms with Crippen LogP contribution in [0.25, 0.3) is 0 Å². The van der Waals surface area contributed by atoms with Gasteiger partial charge in [0.2, 0.25) is 5.91 Å². The number of nitrogens with one attached hydrogen (secondary N) is 1. The van der Waals surface area contributed by atoms with Crippen LogP contribution in [0.5, 0.6) is 0 Å². The zero-order chi connectivity index (χ0) is 43.0. The Bertz CT molecular complexity index is 977. The maximum Gasteiger partial charge on any atom is 0.220 e. The van der Waals surface area contributed by atoms with E-state index < -0.39 is 49.5 Å². The summed E-state index contributed by atoms with van der Waals surface area (Å²) >= 11 is 0. The Morgan fingerprint density at radius 3 is 1.42 bits per heavy atom. The van der Waals surface area contributed by atoms with Gasteiger partial charge >= 0.3 is 0 Å². The number of ether oxygens (including phenoxy) is 2. The average Bonchev–Trinajstić information content (AvgIpc) is 3.23. The Balaban J connectivity index is 2.31. The van der Waals surface area contributed by atoms with Crippen LogP contribution in [0.15, 0.2) is 24.3 Å². The van der Waals surface area contributed by atoms with Gasteiger partial charge < -0.3 is 40.3 Å². The van der Waals surface area contributed by atoms with Gasteiger partial charge in [-0.1, -0.05) is 218 Å². The van der Waals surface area contributed by atoms with Crippen molar-refractivity contribution in [2.24, 2.45) is 0 Å². The smallest absolute Gasteiger partial charge is 0.220 e. The highest BCUT2D eigenvalue weighted by Crippen LogP contribution is 2.23. The molecule has 7 unspecified atom stereocenters. The van der Waals surface area contributed by atoms with Crippen LogP contribution in [-0.2, 0) is 14.3 Å². The van der Waals surface area contributed by atoms with Gasteiger partial charge in [0.15, 0.2) is 6.29 Å². The van der Waals surface area contributed by atoms with E-state index in [1.54, 1.807) is 6.08 Å². The van der Waals surface area contributed by atoms with E-state index in [1.807, 2.05) is 6.08 Å². The third-order valence-electron chi connectivity index (χ3n) is 12.0. The Labute approximate surface area is 362 Å². The maximum atomic E-state index is 13.0. The predicted octanol–water partition coefficient (Wildman–Crippen LogP) is 11.1. The zero-order valence-corrected chi connectivity index (χ0v) is 38.3. The van der Waals surface area contributed by atoms with Crippen molar-refractivity contribution in [1.29, 1.82) is 0 Å². The lowest BCUT2D eigenvalue weighted by Gasteiger charge is -2.40. The minimum Gasteiger partial charge on any atom is -0.394 e. The number of allylic oxidation sites excluding steroid dienone is 3. The van der Waals surface area contributed by atoms with Crippen LogP contribution in [-0.4, -0.2) is 87.5 Å². The normalized spacial score (nSPS) is 20.8. The highest BCUT2D eigenvalue weighted by molar-refractivity contribution is 5.76. The molecule has 0 aliphatic carbocycles. The molecule has 348 valence electrons. The maximum absolute atomic E-state index is 13.0. The van der Waals surface area contributed by atoms with E-state index in [2.05, 4.69) is 31.3 Å². The van der Waals surface area contributed by atoms with Crippen LogP contribution >= 0.6 is 0 Å². The fourth-order valence-corrected chi connectivity index (χ4v) is 8.00. The van der Waals surface area contributed by atoms with Gasteiger partial charge in [0, 0.05) is 6.42 Å². The largest absolute Gasteiger partial charge is 0.394 e. The van der Waals surface area contributed by atoms with Gasteiger partial charge in [-0.25, -0.2) is 0 Å². The highest BCUT2D eigenvalue weighted by atomic mass is 16.7. The number of amides is 1. The lowest BCUT2D eigenvalue weighted by atomic mass is 9.99. The molecule has 9 nitrogen and oxygen atoms in total. The van der Waals surface area contributed by atoms with Gasteiger partial charge in [0.1, 0.15) is 24.4 Å². The van der Waals surface area contributed by atoms with Crippen molar-refractivity contribution in [3.8, 4) is 0 Å². The van der Waals surface area contributed by atoms with Crippen molar-refractivity contribution in [1.82, 2.24) is 5.32 Å². The third-order valence-corrected chi connectivity index (χ3v) is 12.0. The summed E-state index contributed by atoms with van der Waals surface area (Å²) < 4.78 is 11.2. The molecule has 9 heteroatoms. The SMILES string of the molecule is CCCCCCCCCCCC/C=C/CC/C=C/C(O)C(COC1OC(CO)C(O)C(O)C1O)NC(=O)CCCCCCCCCCCCCCCCCCCCCC. The summed E-state index contributed by atoms with van der Waals surface area (Å²) in [5.41, 5.74) is 0. The number of aliphatic hydroxyl groups is 5. The molecular formula is C50H95NO8. The third kappa shape index (κ3) is 31.2. The first-order chi connectivity index (χ1) is 28.8. The number of hydrogen-bond donors (Lipinski definition) is 6. The second kappa shape index (κ2) is 40.7. The molecule has 59 heavy (non-hydrogen) atoms.